The van der Waals surface area contributed by atoms with Crippen molar-refractivity contribution in [3.8, 4) is 11.5 Å². The number of hydrogen-bond acceptors (Lipinski definition) is 8. The summed E-state index contributed by atoms with van der Waals surface area (Å²) in [5.74, 6) is 1.25. The van der Waals surface area contributed by atoms with Gasteiger partial charge in [0.15, 0.2) is 24.1 Å². The Morgan fingerprint density at radius 2 is 0.967 bits per heavy atom. The van der Waals surface area contributed by atoms with E-state index < -0.39 is 29.0 Å². The van der Waals surface area contributed by atoms with E-state index in [2.05, 4.69) is 0 Å². The van der Waals surface area contributed by atoms with Gasteiger partial charge in [0.25, 0.3) is 0 Å². The number of carbonyl (C=O) groups excluding carboxylic acids is 6. The molecule has 0 aliphatic rings. The Bertz CT molecular complexity index is 2170. The van der Waals surface area contributed by atoms with Crippen molar-refractivity contribution in [1.29, 1.82) is 0 Å². The van der Waals surface area contributed by atoms with Gasteiger partial charge in [-0.3, -0.25) is 28.8 Å². The lowest BCUT2D eigenvalue weighted by molar-refractivity contribution is -0.143. The van der Waals surface area contributed by atoms with E-state index in [-0.39, 0.29) is 22.9 Å². The molecule has 318 valence electrons. The molecule has 8 nitrogen and oxygen atoms in total. The van der Waals surface area contributed by atoms with Crippen LogP contribution in [-0.2, 0) is 12.4 Å². The largest absolute Gasteiger partial charge is 0.493 e. The van der Waals surface area contributed by atoms with Crippen molar-refractivity contribution in [2.75, 3.05) is 13.7 Å². The molecule has 0 saturated heterocycles. The van der Waals surface area contributed by atoms with Gasteiger partial charge in [-0.05, 0) is 61.5 Å². The first-order chi connectivity index (χ1) is 28.2. The predicted molar refractivity (Wildman–Crippen MR) is 217 cm³/mol. The van der Waals surface area contributed by atoms with Crippen LogP contribution in [0.5, 0.6) is 11.5 Å². The average Bonchev–Trinajstić information content (AvgIpc) is 3.23. The minimum absolute atomic E-state index is 0.0347. The van der Waals surface area contributed by atoms with Crippen molar-refractivity contribution < 1.29 is 64.6 Å². The molecular weight excluding hydrogens is 912 g/mol. The Kier molecular flexibility index (Phi) is 22.9. The summed E-state index contributed by atoms with van der Waals surface area (Å²) < 4.78 is 83.5. The number of benzene rings is 5. The van der Waals surface area contributed by atoms with Crippen molar-refractivity contribution in [2.24, 2.45) is 0 Å². The molecule has 5 aromatic carbocycles. The summed E-state index contributed by atoms with van der Waals surface area (Å²) in [6, 6.07) is 20.2. The van der Waals surface area contributed by atoms with Crippen molar-refractivity contribution in [3.63, 3.8) is 0 Å². The summed E-state index contributed by atoms with van der Waals surface area (Å²) >= 11 is 28.1. The third-order valence-electron chi connectivity index (χ3n) is 6.88. The quantitative estimate of drug-likeness (QED) is 0.0814. The first-order valence-corrected chi connectivity index (χ1v) is 18.1. The fourth-order valence-corrected chi connectivity index (χ4v) is 4.97. The SMILES string of the molecule is CCOc1cc(C=O)ccc1OC.O=Cc1c(Cl)ccc(Cl)c1Cl.O=Cc1cc(C(F)(F)F)cc(C(F)(F)F)c1.O=Cc1ccc(C=O)cc1.O=Cc1cccc(Cl)c1Cl. The molecule has 0 saturated carbocycles. The van der Waals surface area contributed by atoms with Crippen molar-refractivity contribution >= 4 is 95.7 Å². The molecule has 0 N–H and O–H groups in total. The van der Waals surface area contributed by atoms with Gasteiger partial charge in [0.05, 0.1) is 55.5 Å². The molecule has 0 unspecified atom stereocenters. The Morgan fingerprint density at radius 3 is 1.35 bits per heavy atom. The summed E-state index contributed by atoms with van der Waals surface area (Å²) in [7, 11) is 1.57. The molecule has 0 atom stereocenters. The molecule has 0 spiro atoms. The summed E-state index contributed by atoms with van der Waals surface area (Å²) in [5, 5.41) is 1.58. The molecular formula is C41H29Cl5F6O8. The second-order valence-electron chi connectivity index (χ2n) is 11.0. The van der Waals surface area contributed by atoms with Crippen LogP contribution in [0.3, 0.4) is 0 Å². The highest BCUT2D eigenvalue weighted by Crippen LogP contribution is 2.36. The van der Waals surface area contributed by atoms with Gasteiger partial charge in [0, 0.05) is 27.8 Å². The summed E-state index contributed by atoms with van der Waals surface area (Å²) in [6.07, 6.45) is -6.38. The number of rotatable bonds is 9. The molecule has 5 aromatic rings. The Hall–Kier alpha value is -5.25. The molecule has 19 heteroatoms. The number of methoxy groups -OCH3 is 1. The molecule has 60 heavy (non-hydrogen) atoms. The average molecular weight is 941 g/mol. The van der Waals surface area contributed by atoms with Crippen LogP contribution in [0.25, 0.3) is 0 Å². The van der Waals surface area contributed by atoms with Gasteiger partial charge in [-0.25, -0.2) is 0 Å². The molecule has 5 rings (SSSR count). The van der Waals surface area contributed by atoms with Gasteiger partial charge in [-0.2, -0.15) is 26.3 Å². The maximum absolute atomic E-state index is 12.2. The molecule has 0 bridgehead atoms. The number of carbonyl (C=O) groups is 6. The van der Waals surface area contributed by atoms with E-state index in [9.17, 15) is 55.1 Å². The fourth-order valence-electron chi connectivity index (χ4n) is 4.00. The lowest BCUT2D eigenvalue weighted by Gasteiger charge is -2.12. The van der Waals surface area contributed by atoms with E-state index >= 15 is 0 Å². The minimum atomic E-state index is -4.92. The van der Waals surface area contributed by atoms with E-state index in [1.807, 2.05) is 6.92 Å². The summed E-state index contributed by atoms with van der Waals surface area (Å²) in [6.45, 7) is 2.44. The number of aldehydes is 6. The molecule has 0 aliphatic carbocycles. The van der Waals surface area contributed by atoms with Crippen LogP contribution in [0.1, 0.15) is 80.2 Å². The van der Waals surface area contributed by atoms with Gasteiger partial charge in [0.2, 0.25) is 0 Å². The van der Waals surface area contributed by atoms with Crippen LogP contribution in [0.4, 0.5) is 26.3 Å². The Balaban J connectivity index is 0.000000379. The topological polar surface area (TPSA) is 121 Å². The standard InChI is InChI=1S/C10H12O3.C9H4F6O.C8H6O2.C7H3Cl3O.C7H4Cl2O/c1-3-13-10-6-8(7-11)4-5-9(10)12-2;10-8(11,12)6-1-5(4-16)2-7(3-6)9(13,14)15;9-5-7-1-2-8(6-10)4-3-7;8-5-1-2-6(9)7(10)4(5)3-11;8-6-3-1-2-5(4-10)7(6)9/h4-7H,3H2,1-2H3;1-4H;1-6H;1-3H;1-4H. The van der Waals surface area contributed by atoms with Crippen LogP contribution in [0.15, 0.2) is 91.0 Å². The second kappa shape index (κ2) is 26.1. The van der Waals surface area contributed by atoms with Crippen molar-refractivity contribution in [3.05, 3.63) is 161 Å². The third kappa shape index (κ3) is 17.5. The van der Waals surface area contributed by atoms with Gasteiger partial charge in [-0.15, -0.1) is 0 Å². The van der Waals surface area contributed by atoms with E-state index in [4.69, 9.17) is 67.5 Å². The van der Waals surface area contributed by atoms with Crippen LogP contribution in [0.2, 0.25) is 25.1 Å². The smallest absolute Gasteiger partial charge is 0.416 e. The normalized spacial score (nSPS) is 10.2. The number of hydrogen-bond donors (Lipinski definition) is 0. The zero-order chi connectivity index (χ0) is 45.6. The molecule has 0 amide bonds. The van der Waals surface area contributed by atoms with Gasteiger partial charge in [-0.1, -0.05) is 94.4 Å². The highest BCUT2D eigenvalue weighted by Gasteiger charge is 2.36. The molecule has 0 aliphatic heterocycles. The second-order valence-corrected chi connectivity index (χ2v) is 12.9. The van der Waals surface area contributed by atoms with Gasteiger partial charge in [0.1, 0.15) is 25.1 Å². The van der Waals surface area contributed by atoms with E-state index in [0.717, 1.165) is 18.9 Å². The number of ether oxygens (including phenoxy) is 2. The molecule has 0 fully saturated rings. The lowest BCUT2D eigenvalue weighted by atomic mass is 10.1. The van der Waals surface area contributed by atoms with Crippen molar-refractivity contribution in [2.45, 2.75) is 19.3 Å². The molecule has 0 aromatic heterocycles. The maximum Gasteiger partial charge on any atom is 0.416 e. The highest BCUT2D eigenvalue weighted by molar-refractivity contribution is 6.45. The highest BCUT2D eigenvalue weighted by atomic mass is 35.5. The first kappa shape index (κ1) is 52.8. The van der Waals surface area contributed by atoms with Crippen molar-refractivity contribution in [1.82, 2.24) is 0 Å². The van der Waals surface area contributed by atoms with E-state index in [1.165, 1.54) is 6.07 Å². The van der Waals surface area contributed by atoms with Crippen LogP contribution in [-0.4, -0.2) is 51.4 Å². The first-order valence-electron chi connectivity index (χ1n) is 16.2. The van der Waals surface area contributed by atoms with Gasteiger partial charge >= 0.3 is 12.4 Å². The zero-order valence-electron chi connectivity index (χ0n) is 30.8. The fraction of sp³-hybridized carbons (Fsp3) is 0.122. The third-order valence-corrected chi connectivity index (χ3v) is 8.87. The van der Waals surface area contributed by atoms with Crippen LogP contribution < -0.4 is 9.47 Å². The van der Waals surface area contributed by atoms with Crippen LogP contribution >= 0.6 is 58.0 Å². The number of alkyl halides is 6. The Morgan fingerprint density at radius 1 is 0.500 bits per heavy atom. The van der Waals surface area contributed by atoms with Crippen LogP contribution in [0, 0.1) is 0 Å². The van der Waals surface area contributed by atoms with Gasteiger partial charge < -0.3 is 9.47 Å². The molecule has 0 heterocycles. The Labute approximate surface area is 363 Å². The van der Waals surface area contributed by atoms with E-state index in [0.29, 0.717) is 85.2 Å². The monoisotopic (exact) mass is 938 g/mol. The summed E-state index contributed by atoms with van der Waals surface area (Å²) in [4.78, 5) is 61.5. The number of halogens is 11. The summed E-state index contributed by atoms with van der Waals surface area (Å²) in [5.41, 5.74) is -1.23. The molecule has 0 radical (unpaired) electrons. The maximum atomic E-state index is 12.2. The lowest BCUT2D eigenvalue weighted by Crippen LogP contribution is -2.11. The zero-order valence-corrected chi connectivity index (χ0v) is 34.5. The van der Waals surface area contributed by atoms with E-state index in [1.54, 1.807) is 73.8 Å². The predicted octanol–water partition coefficient (Wildman–Crippen LogP) is 13.0. The minimum Gasteiger partial charge on any atom is -0.493 e.